The van der Waals surface area contributed by atoms with Crippen LogP contribution in [0.2, 0.25) is 0 Å². The molecule has 0 radical (unpaired) electrons. The molecule has 2 rings (SSSR count). The van der Waals surface area contributed by atoms with Crippen LogP contribution in [0.25, 0.3) is 0 Å². The molecule has 6 heteroatoms. The summed E-state index contributed by atoms with van der Waals surface area (Å²) < 4.78 is 13.2. The summed E-state index contributed by atoms with van der Waals surface area (Å²) >= 11 is 0. The minimum absolute atomic E-state index is 0.0461. The Labute approximate surface area is 161 Å². The zero-order valence-corrected chi connectivity index (χ0v) is 16.9. The van der Waals surface area contributed by atoms with Gasteiger partial charge in [-0.2, -0.15) is 0 Å². The van der Waals surface area contributed by atoms with Crippen molar-refractivity contribution in [3.63, 3.8) is 0 Å². The Bertz CT molecular complexity index is 631. The van der Waals surface area contributed by atoms with Crippen LogP contribution in [0.4, 0.5) is 4.39 Å². The molecule has 1 aromatic carbocycles. The van der Waals surface area contributed by atoms with Crippen molar-refractivity contribution >= 4 is 11.8 Å². The fourth-order valence-electron chi connectivity index (χ4n) is 3.46. The molecule has 27 heavy (non-hydrogen) atoms. The van der Waals surface area contributed by atoms with E-state index in [0.717, 1.165) is 12.1 Å². The molecule has 1 aliphatic rings. The molecule has 0 spiro atoms. The van der Waals surface area contributed by atoms with E-state index in [0.29, 0.717) is 38.4 Å². The van der Waals surface area contributed by atoms with Crippen LogP contribution < -0.4 is 5.32 Å². The molecule has 0 unspecified atom stereocenters. The lowest BCUT2D eigenvalue weighted by Gasteiger charge is -2.35. The third kappa shape index (κ3) is 6.61. The molecule has 1 heterocycles. The van der Waals surface area contributed by atoms with Gasteiger partial charge in [-0.3, -0.25) is 9.59 Å². The van der Waals surface area contributed by atoms with E-state index in [4.69, 9.17) is 0 Å². The summed E-state index contributed by atoms with van der Waals surface area (Å²) in [5.41, 5.74) is 0.931. The zero-order chi connectivity index (χ0) is 20.0. The molecule has 5 nitrogen and oxygen atoms in total. The predicted molar refractivity (Wildman–Crippen MR) is 105 cm³/mol. The summed E-state index contributed by atoms with van der Waals surface area (Å²) in [6.45, 7) is 10.7. The monoisotopic (exact) mass is 377 g/mol. The van der Waals surface area contributed by atoms with Gasteiger partial charge >= 0.3 is 0 Å². The van der Waals surface area contributed by atoms with Crippen molar-refractivity contribution in [3.8, 4) is 0 Å². The number of nitrogens with one attached hydrogen (secondary N) is 1. The number of halogens is 1. The Hall–Kier alpha value is -1.95. The quantitative estimate of drug-likeness (QED) is 0.795. The average Bonchev–Trinajstić information content (AvgIpc) is 2.74. The Balaban J connectivity index is 2.04. The van der Waals surface area contributed by atoms with Gasteiger partial charge in [0.1, 0.15) is 5.82 Å². The standard InChI is InChI=1S/C21H32FN3O2/c1-15(2)19-14-24(11-9-20(26)23-16(3)4)12-10-21(27)25(19)13-17-5-7-18(22)8-6-17/h5-8,15-16,19H,9-14H2,1-4H3,(H,23,26)/t19-/m1/s1. The highest BCUT2D eigenvalue weighted by Gasteiger charge is 2.31. The molecule has 0 aromatic heterocycles. The van der Waals surface area contributed by atoms with E-state index in [1.165, 1.54) is 12.1 Å². The molecule has 150 valence electrons. The van der Waals surface area contributed by atoms with Gasteiger partial charge in [-0.15, -0.1) is 0 Å². The largest absolute Gasteiger partial charge is 0.354 e. The zero-order valence-electron chi connectivity index (χ0n) is 16.9. The lowest BCUT2D eigenvalue weighted by atomic mass is 10.0. The molecular weight excluding hydrogens is 345 g/mol. The number of benzene rings is 1. The van der Waals surface area contributed by atoms with Crippen LogP contribution >= 0.6 is 0 Å². The highest BCUT2D eigenvalue weighted by Crippen LogP contribution is 2.21. The molecule has 0 aliphatic carbocycles. The lowest BCUT2D eigenvalue weighted by Crippen LogP contribution is -2.46. The molecule has 1 aromatic rings. The number of carbonyl (C=O) groups is 2. The van der Waals surface area contributed by atoms with Crippen molar-refractivity contribution in [2.75, 3.05) is 19.6 Å². The Kier molecular flexibility index (Phi) is 7.78. The Morgan fingerprint density at radius 3 is 2.48 bits per heavy atom. The van der Waals surface area contributed by atoms with E-state index in [1.54, 1.807) is 12.1 Å². The van der Waals surface area contributed by atoms with E-state index in [2.05, 4.69) is 24.1 Å². The van der Waals surface area contributed by atoms with E-state index >= 15 is 0 Å². The maximum Gasteiger partial charge on any atom is 0.224 e. The maximum absolute atomic E-state index is 13.2. The number of nitrogens with zero attached hydrogens (tertiary/aromatic N) is 2. The summed E-state index contributed by atoms with van der Waals surface area (Å²) in [6.07, 6.45) is 0.880. The molecule has 1 saturated heterocycles. The van der Waals surface area contributed by atoms with Crippen molar-refractivity contribution in [1.29, 1.82) is 0 Å². The predicted octanol–water partition coefficient (Wildman–Crippen LogP) is 2.80. The SMILES string of the molecule is CC(C)NC(=O)CCN1CCC(=O)N(Cc2ccc(F)cc2)[C@@H](C(C)C)C1. The second-order valence-electron chi connectivity index (χ2n) is 7.98. The number of carbonyl (C=O) groups excluding carboxylic acids is 2. The first kappa shape index (κ1) is 21.4. The summed E-state index contributed by atoms with van der Waals surface area (Å²) in [5, 5.41) is 2.91. The second-order valence-corrected chi connectivity index (χ2v) is 7.98. The molecule has 0 saturated carbocycles. The maximum atomic E-state index is 13.2. The van der Waals surface area contributed by atoms with Crippen LogP contribution in [-0.2, 0) is 16.1 Å². The third-order valence-corrected chi connectivity index (χ3v) is 4.95. The van der Waals surface area contributed by atoms with E-state index in [1.807, 2.05) is 18.7 Å². The first-order chi connectivity index (χ1) is 12.8. The van der Waals surface area contributed by atoms with Crippen LogP contribution in [-0.4, -0.2) is 53.3 Å². The van der Waals surface area contributed by atoms with Crippen LogP contribution in [0, 0.1) is 11.7 Å². The normalized spacial score (nSPS) is 18.9. The van der Waals surface area contributed by atoms with Gasteiger partial charge in [-0.25, -0.2) is 4.39 Å². The minimum atomic E-state index is -0.271. The average molecular weight is 378 g/mol. The minimum Gasteiger partial charge on any atom is -0.354 e. The first-order valence-corrected chi connectivity index (χ1v) is 9.82. The molecular formula is C21H32FN3O2. The molecule has 1 atom stereocenters. The third-order valence-electron chi connectivity index (χ3n) is 4.95. The Morgan fingerprint density at radius 2 is 1.89 bits per heavy atom. The first-order valence-electron chi connectivity index (χ1n) is 9.82. The van der Waals surface area contributed by atoms with Crippen molar-refractivity contribution in [3.05, 3.63) is 35.6 Å². The van der Waals surface area contributed by atoms with Gasteiger partial charge in [0.25, 0.3) is 0 Å². The van der Waals surface area contributed by atoms with E-state index in [9.17, 15) is 14.0 Å². The van der Waals surface area contributed by atoms with Crippen molar-refractivity contribution < 1.29 is 14.0 Å². The van der Waals surface area contributed by atoms with Crippen molar-refractivity contribution in [1.82, 2.24) is 15.1 Å². The van der Waals surface area contributed by atoms with Crippen molar-refractivity contribution in [2.45, 2.75) is 59.2 Å². The summed E-state index contributed by atoms with van der Waals surface area (Å²) in [7, 11) is 0. The van der Waals surface area contributed by atoms with Gasteiger partial charge in [0.15, 0.2) is 0 Å². The summed E-state index contributed by atoms with van der Waals surface area (Å²) in [6, 6.07) is 6.54. The fourth-order valence-corrected chi connectivity index (χ4v) is 3.46. The molecule has 1 fully saturated rings. The molecule has 1 aliphatic heterocycles. The number of rotatable bonds is 7. The van der Waals surface area contributed by atoms with Crippen molar-refractivity contribution in [2.24, 2.45) is 5.92 Å². The number of amides is 2. The van der Waals surface area contributed by atoms with Gasteiger partial charge in [0, 0.05) is 51.1 Å². The highest BCUT2D eigenvalue weighted by molar-refractivity contribution is 5.77. The smallest absolute Gasteiger partial charge is 0.224 e. The van der Waals surface area contributed by atoms with Crippen LogP contribution in [0.1, 0.15) is 46.1 Å². The fraction of sp³-hybridized carbons (Fsp3) is 0.619. The van der Waals surface area contributed by atoms with Crippen LogP contribution in [0.5, 0.6) is 0 Å². The van der Waals surface area contributed by atoms with E-state index in [-0.39, 0.29) is 29.7 Å². The number of hydrogen-bond acceptors (Lipinski definition) is 3. The van der Waals surface area contributed by atoms with Crippen LogP contribution in [0.3, 0.4) is 0 Å². The van der Waals surface area contributed by atoms with Gasteiger partial charge in [0.05, 0.1) is 0 Å². The lowest BCUT2D eigenvalue weighted by molar-refractivity contribution is -0.134. The summed E-state index contributed by atoms with van der Waals surface area (Å²) in [5.74, 6) is 0.184. The number of hydrogen-bond donors (Lipinski definition) is 1. The Morgan fingerprint density at radius 1 is 1.22 bits per heavy atom. The van der Waals surface area contributed by atoms with Gasteiger partial charge in [-0.05, 0) is 37.5 Å². The van der Waals surface area contributed by atoms with Crippen LogP contribution in [0.15, 0.2) is 24.3 Å². The molecule has 0 bridgehead atoms. The molecule has 2 amide bonds. The van der Waals surface area contributed by atoms with E-state index < -0.39 is 0 Å². The second kappa shape index (κ2) is 9.83. The van der Waals surface area contributed by atoms with Gasteiger partial charge in [0.2, 0.25) is 11.8 Å². The molecule has 1 N–H and O–H groups in total. The van der Waals surface area contributed by atoms with Gasteiger partial charge < -0.3 is 15.1 Å². The van der Waals surface area contributed by atoms with Gasteiger partial charge in [-0.1, -0.05) is 26.0 Å². The summed E-state index contributed by atoms with van der Waals surface area (Å²) in [4.78, 5) is 28.9. The topological polar surface area (TPSA) is 52.7 Å². The highest BCUT2D eigenvalue weighted by atomic mass is 19.1.